The number of amides is 2. The largest absolute Gasteiger partial charge is 0.494 e. The summed E-state index contributed by atoms with van der Waals surface area (Å²) in [7, 11) is 0. The third kappa shape index (κ3) is 4.90. The fourth-order valence-corrected chi connectivity index (χ4v) is 2.64. The quantitative estimate of drug-likeness (QED) is 0.802. The first-order valence-electron chi connectivity index (χ1n) is 8.02. The van der Waals surface area contributed by atoms with Crippen LogP contribution in [0.1, 0.15) is 36.6 Å². The van der Waals surface area contributed by atoms with Gasteiger partial charge in [0.15, 0.2) is 0 Å². The Kier molecular flexibility index (Phi) is 6.50. The zero-order valence-corrected chi connectivity index (χ0v) is 15.0. The number of aryl methyl sites for hydroxylation is 1. The van der Waals surface area contributed by atoms with Crippen molar-refractivity contribution in [3.63, 3.8) is 0 Å². The molecule has 0 saturated carbocycles. The second-order valence-corrected chi connectivity index (χ2v) is 6.02. The smallest absolute Gasteiger partial charge is 0.315 e. The molecule has 1 unspecified atom stereocenters. The first-order valence-corrected chi connectivity index (χ1v) is 8.40. The molecule has 2 amide bonds. The summed E-state index contributed by atoms with van der Waals surface area (Å²) in [5.74, 6) is 0.794. The van der Waals surface area contributed by atoms with E-state index in [9.17, 15) is 4.79 Å². The third-order valence-electron chi connectivity index (χ3n) is 3.68. The lowest BCUT2D eigenvalue weighted by Crippen LogP contribution is -2.36. The fraction of sp³-hybridized carbons (Fsp3) is 0.316. The highest BCUT2D eigenvalue weighted by molar-refractivity contribution is 6.31. The Morgan fingerprint density at radius 3 is 2.71 bits per heavy atom. The maximum atomic E-state index is 12.2. The van der Waals surface area contributed by atoms with Crippen LogP contribution in [0.3, 0.4) is 0 Å². The van der Waals surface area contributed by atoms with Gasteiger partial charge in [0.1, 0.15) is 5.75 Å². The van der Waals surface area contributed by atoms with Crippen LogP contribution in [0.2, 0.25) is 5.02 Å². The number of carbonyl (C=O) groups excluding carboxylic acids is 1. The van der Waals surface area contributed by atoms with Crippen LogP contribution in [-0.2, 0) is 6.54 Å². The Morgan fingerprint density at radius 1 is 1.25 bits per heavy atom. The summed E-state index contributed by atoms with van der Waals surface area (Å²) in [6.07, 6.45) is 0. The van der Waals surface area contributed by atoms with Crippen LogP contribution in [0.4, 0.5) is 4.79 Å². The van der Waals surface area contributed by atoms with Crippen LogP contribution >= 0.6 is 11.6 Å². The number of nitrogens with one attached hydrogen (secondary N) is 2. The van der Waals surface area contributed by atoms with Crippen molar-refractivity contribution in [3.8, 4) is 5.75 Å². The van der Waals surface area contributed by atoms with E-state index in [2.05, 4.69) is 10.6 Å². The van der Waals surface area contributed by atoms with Crippen molar-refractivity contribution in [2.75, 3.05) is 6.61 Å². The Morgan fingerprint density at radius 2 is 2.00 bits per heavy atom. The van der Waals surface area contributed by atoms with Gasteiger partial charge < -0.3 is 15.4 Å². The number of hydrogen-bond donors (Lipinski definition) is 2. The number of ether oxygens (including phenoxy) is 1. The van der Waals surface area contributed by atoms with Gasteiger partial charge in [0.2, 0.25) is 0 Å². The molecule has 0 heterocycles. The van der Waals surface area contributed by atoms with E-state index in [1.807, 2.05) is 57.2 Å². The van der Waals surface area contributed by atoms with Gasteiger partial charge in [-0.2, -0.15) is 0 Å². The van der Waals surface area contributed by atoms with E-state index in [0.29, 0.717) is 18.2 Å². The maximum Gasteiger partial charge on any atom is 0.315 e. The second-order valence-electron chi connectivity index (χ2n) is 5.61. The summed E-state index contributed by atoms with van der Waals surface area (Å²) in [5.41, 5.74) is 2.97. The third-order valence-corrected chi connectivity index (χ3v) is 4.05. The Hall–Kier alpha value is -2.20. The van der Waals surface area contributed by atoms with E-state index >= 15 is 0 Å². The second kappa shape index (κ2) is 8.60. The van der Waals surface area contributed by atoms with Crippen LogP contribution in [0.5, 0.6) is 5.75 Å². The molecule has 2 aromatic carbocycles. The van der Waals surface area contributed by atoms with Gasteiger partial charge in [0.05, 0.1) is 12.6 Å². The molecule has 128 valence electrons. The molecule has 0 bridgehead atoms. The summed E-state index contributed by atoms with van der Waals surface area (Å²) in [6, 6.07) is 13.0. The molecule has 2 N–H and O–H groups in total. The molecule has 2 aromatic rings. The van der Waals surface area contributed by atoms with Crippen molar-refractivity contribution in [1.82, 2.24) is 10.6 Å². The first-order chi connectivity index (χ1) is 11.5. The van der Waals surface area contributed by atoms with E-state index in [-0.39, 0.29) is 12.1 Å². The Bertz CT molecular complexity index is 704. The normalized spacial score (nSPS) is 11.7. The van der Waals surface area contributed by atoms with Crippen LogP contribution in [-0.4, -0.2) is 12.6 Å². The molecule has 2 rings (SSSR count). The van der Waals surface area contributed by atoms with Crippen molar-refractivity contribution in [2.24, 2.45) is 0 Å². The van der Waals surface area contributed by atoms with Gasteiger partial charge in [-0.05, 0) is 38.5 Å². The average molecular weight is 347 g/mol. The zero-order valence-electron chi connectivity index (χ0n) is 14.2. The minimum absolute atomic E-state index is 0.169. The molecule has 4 nitrogen and oxygen atoms in total. The van der Waals surface area contributed by atoms with Gasteiger partial charge in [-0.1, -0.05) is 47.5 Å². The number of benzene rings is 2. The molecule has 0 aromatic heterocycles. The summed E-state index contributed by atoms with van der Waals surface area (Å²) >= 11 is 6.09. The predicted octanol–water partition coefficient (Wildman–Crippen LogP) is 4.61. The van der Waals surface area contributed by atoms with Crippen molar-refractivity contribution < 1.29 is 9.53 Å². The molecule has 0 aliphatic heterocycles. The molecule has 5 heteroatoms. The summed E-state index contributed by atoms with van der Waals surface area (Å²) < 4.78 is 5.65. The minimum atomic E-state index is -0.244. The van der Waals surface area contributed by atoms with E-state index in [1.54, 1.807) is 6.07 Å². The lowest BCUT2D eigenvalue weighted by Gasteiger charge is -2.19. The SMILES string of the molecule is CCOc1ccc(C)cc1C(C)NC(=O)NCc1ccccc1Cl. The van der Waals surface area contributed by atoms with Gasteiger partial charge in [-0.25, -0.2) is 4.79 Å². The van der Waals surface area contributed by atoms with Crippen LogP contribution in [0, 0.1) is 6.92 Å². The molecular weight excluding hydrogens is 324 g/mol. The van der Waals surface area contributed by atoms with Gasteiger partial charge in [0, 0.05) is 17.1 Å². The minimum Gasteiger partial charge on any atom is -0.494 e. The van der Waals surface area contributed by atoms with Gasteiger partial charge >= 0.3 is 6.03 Å². The number of hydrogen-bond acceptors (Lipinski definition) is 2. The average Bonchev–Trinajstić information content (AvgIpc) is 2.56. The highest BCUT2D eigenvalue weighted by Crippen LogP contribution is 2.26. The summed E-state index contributed by atoms with van der Waals surface area (Å²) in [5, 5.41) is 6.41. The molecule has 24 heavy (non-hydrogen) atoms. The van der Waals surface area contributed by atoms with Crippen molar-refractivity contribution in [2.45, 2.75) is 33.4 Å². The lowest BCUT2D eigenvalue weighted by atomic mass is 10.0. The van der Waals surface area contributed by atoms with Gasteiger partial charge in [0.25, 0.3) is 0 Å². The van der Waals surface area contributed by atoms with Gasteiger partial charge in [-0.3, -0.25) is 0 Å². The first kappa shape index (κ1) is 18.1. The number of halogens is 1. The van der Waals surface area contributed by atoms with Crippen molar-refractivity contribution in [1.29, 1.82) is 0 Å². The molecule has 0 aliphatic carbocycles. The molecule has 0 radical (unpaired) electrons. The topological polar surface area (TPSA) is 50.4 Å². The monoisotopic (exact) mass is 346 g/mol. The summed E-state index contributed by atoms with van der Waals surface area (Å²) in [6.45, 7) is 6.86. The number of urea groups is 1. The fourth-order valence-electron chi connectivity index (χ4n) is 2.44. The number of carbonyl (C=O) groups is 1. The van der Waals surface area contributed by atoms with E-state index in [0.717, 1.165) is 22.4 Å². The Balaban J connectivity index is 1.99. The standard InChI is InChI=1S/C19H23ClN2O2/c1-4-24-18-10-9-13(2)11-16(18)14(3)22-19(23)21-12-15-7-5-6-8-17(15)20/h5-11,14H,4,12H2,1-3H3,(H2,21,22,23). The highest BCUT2D eigenvalue weighted by Gasteiger charge is 2.14. The van der Waals surface area contributed by atoms with Crippen LogP contribution in [0.25, 0.3) is 0 Å². The molecule has 0 fully saturated rings. The van der Waals surface area contributed by atoms with Crippen molar-refractivity contribution in [3.05, 3.63) is 64.2 Å². The maximum absolute atomic E-state index is 12.2. The van der Waals surface area contributed by atoms with Crippen molar-refractivity contribution >= 4 is 17.6 Å². The lowest BCUT2D eigenvalue weighted by molar-refractivity contribution is 0.237. The molecule has 0 aliphatic rings. The van der Waals surface area contributed by atoms with Crippen LogP contribution < -0.4 is 15.4 Å². The van der Waals surface area contributed by atoms with Gasteiger partial charge in [-0.15, -0.1) is 0 Å². The number of rotatable bonds is 6. The van der Waals surface area contributed by atoms with E-state index in [4.69, 9.17) is 16.3 Å². The Labute approximate surface area is 148 Å². The predicted molar refractivity (Wildman–Crippen MR) is 97.6 cm³/mol. The highest BCUT2D eigenvalue weighted by atomic mass is 35.5. The summed E-state index contributed by atoms with van der Waals surface area (Å²) in [4.78, 5) is 12.2. The molecular formula is C19H23ClN2O2. The zero-order chi connectivity index (χ0) is 17.5. The van der Waals surface area contributed by atoms with Crippen LogP contribution in [0.15, 0.2) is 42.5 Å². The molecule has 1 atom stereocenters. The molecule has 0 spiro atoms. The molecule has 0 saturated heterocycles. The van der Waals surface area contributed by atoms with E-state index < -0.39 is 0 Å². The van der Waals surface area contributed by atoms with E-state index in [1.165, 1.54) is 0 Å².